The second-order valence-corrected chi connectivity index (χ2v) is 8.47. The van der Waals surface area contributed by atoms with Crippen molar-refractivity contribution in [2.24, 2.45) is 17.1 Å². The van der Waals surface area contributed by atoms with Gasteiger partial charge in [0.2, 0.25) is 11.8 Å². The van der Waals surface area contributed by atoms with Gasteiger partial charge in [-0.25, -0.2) is 8.42 Å². The summed E-state index contributed by atoms with van der Waals surface area (Å²) in [6, 6.07) is -0.641. The third-order valence-corrected chi connectivity index (χ3v) is 4.77. The predicted molar refractivity (Wildman–Crippen MR) is 80.2 cm³/mol. The van der Waals surface area contributed by atoms with Crippen LogP contribution in [0.15, 0.2) is 0 Å². The molecule has 4 N–H and O–H groups in total. The van der Waals surface area contributed by atoms with E-state index in [0.717, 1.165) is 12.8 Å². The van der Waals surface area contributed by atoms with Gasteiger partial charge in [-0.05, 0) is 18.8 Å². The molecule has 1 saturated carbocycles. The molecule has 1 aliphatic carbocycles. The van der Waals surface area contributed by atoms with E-state index in [1.165, 1.54) is 6.26 Å². The number of rotatable bonds is 8. The van der Waals surface area contributed by atoms with E-state index in [1.54, 1.807) is 0 Å². The molecule has 8 heteroatoms. The van der Waals surface area contributed by atoms with Crippen LogP contribution in [0.5, 0.6) is 0 Å². The van der Waals surface area contributed by atoms with Gasteiger partial charge in [-0.2, -0.15) is 0 Å². The minimum absolute atomic E-state index is 0.00226. The Morgan fingerprint density at radius 3 is 2.24 bits per heavy atom. The second-order valence-electron chi connectivity index (χ2n) is 6.33. The number of nitrogens with two attached hydrogens (primary N) is 1. The molecule has 122 valence electrons. The Bertz CT molecular complexity index is 498. The monoisotopic (exact) mass is 319 g/mol. The molecule has 1 atom stereocenters. The highest BCUT2D eigenvalue weighted by molar-refractivity contribution is 7.90. The highest BCUT2D eigenvalue weighted by Crippen LogP contribution is 2.45. The first-order valence-corrected chi connectivity index (χ1v) is 9.08. The highest BCUT2D eigenvalue weighted by atomic mass is 32.2. The van der Waals surface area contributed by atoms with Crippen molar-refractivity contribution in [1.29, 1.82) is 0 Å². The Labute approximate surface area is 126 Å². The summed E-state index contributed by atoms with van der Waals surface area (Å²) in [5.41, 5.74) is 5.34. The fraction of sp³-hybridized carbons (Fsp3) is 0.846. The quantitative estimate of drug-likeness (QED) is 0.532. The van der Waals surface area contributed by atoms with Gasteiger partial charge in [-0.15, -0.1) is 0 Å². The van der Waals surface area contributed by atoms with Crippen LogP contribution in [0.1, 0.15) is 26.7 Å². The molecule has 0 aromatic carbocycles. The number of carbonyl (C=O) groups is 2. The lowest BCUT2D eigenvalue weighted by Gasteiger charge is -2.17. The SMILES string of the molecule is CC(C)[C@H](N)C(=O)NCC(=O)NCC1(CS(C)(=O)=O)CC1. The number of hydrogen-bond donors (Lipinski definition) is 3. The van der Waals surface area contributed by atoms with Crippen LogP contribution in [-0.4, -0.2) is 51.4 Å². The summed E-state index contributed by atoms with van der Waals surface area (Å²) in [6.45, 7) is 3.83. The van der Waals surface area contributed by atoms with Gasteiger partial charge in [0.05, 0.1) is 18.3 Å². The van der Waals surface area contributed by atoms with Gasteiger partial charge >= 0.3 is 0 Å². The Morgan fingerprint density at radius 2 is 1.81 bits per heavy atom. The Balaban J connectivity index is 2.31. The van der Waals surface area contributed by atoms with E-state index >= 15 is 0 Å². The molecule has 0 aliphatic heterocycles. The van der Waals surface area contributed by atoms with E-state index in [2.05, 4.69) is 10.6 Å². The Hall–Kier alpha value is -1.15. The lowest BCUT2D eigenvalue weighted by molar-refractivity contribution is -0.127. The normalized spacial score (nSPS) is 18.1. The van der Waals surface area contributed by atoms with E-state index in [9.17, 15) is 18.0 Å². The molecule has 0 bridgehead atoms. The van der Waals surface area contributed by atoms with Crippen LogP contribution >= 0.6 is 0 Å². The summed E-state index contributed by atoms with van der Waals surface area (Å²) in [7, 11) is -3.05. The number of amides is 2. The standard InChI is InChI=1S/C13H25N3O4S/c1-9(2)11(14)12(18)15-6-10(17)16-7-13(4-5-13)8-21(3,19)20/h9,11H,4-8,14H2,1-3H3,(H,15,18)(H,16,17)/t11-/m0/s1. The molecule has 7 nitrogen and oxygen atoms in total. The molecule has 0 saturated heterocycles. The van der Waals surface area contributed by atoms with Crippen molar-refractivity contribution in [3.63, 3.8) is 0 Å². The number of hydrogen-bond acceptors (Lipinski definition) is 5. The van der Waals surface area contributed by atoms with Gasteiger partial charge in [-0.3, -0.25) is 9.59 Å². The molecule has 0 heterocycles. The van der Waals surface area contributed by atoms with Crippen LogP contribution in [0.2, 0.25) is 0 Å². The van der Waals surface area contributed by atoms with Crippen LogP contribution in [0, 0.1) is 11.3 Å². The molecule has 0 aromatic heterocycles. The van der Waals surface area contributed by atoms with Crippen molar-refractivity contribution in [1.82, 2.24) is 10.6 Å². The zero-order valence-electron chi connectivity index (χ0n) is 12.8. The van der Waals surface area contributed by atoms with Crippen molar-refractivity contribution in [3.8, 4) is 0 Å². The molecule has 2 amide bonds. The fourth-order valence-corrected chi connectivity index (χ4v) is 3.54. The lowest BCUT2D eigenvalue weighted by atomic mass is 10.1. The number of sulfone groups is 1. The summed E-state index contributed by atoms with van der Waals surface area (Å²) >= 11 is 0. The molecule has 0 radical (unpaired) electrons. The summed E-state index contributed by atoms with van der Waals surface area (Å²) in [5.74, 6) is -0.612. The zero-order valence-corrected chi connectivity index (χ0v) is 13.6. The van der Waals surface area contributed by atoms with Gasteiger partial charge in [0, 0.05) is 18.2 Å². The summed E-state index contributed by atoms with van der Waals surface area (Å²) in [6.07, 6.45) is 2.79. The zero-order chi connectivity index (χ0) is 16.3. The maximum absolute atomic E-state index is 11.7. The third-order valence-electron chi connectivity index (χ3n) is 3.63. The smallest absolute Gasteiger partial charge is 0.239 e. The van der Waals surface area contributed by atoms with Gasteiger partial charge in [0.1, 0.15) is 9.84 Å². The average molecular weight is 319 g/mol. The van der Waals surface area contributed by atoms with E-state index in [-0.39, 0.29) is 35.4 Å². The molecule has 1 rings (SSSR count). The Morgan fingerprint density at radius 1 is 1.24 bits per heavy atom. The maximum Gasteiger partial charge on any atom is 0.239 e. The molecule has 0 unspecified atom stereocenters. The van der Waals surface area contributed by atoms with Crippen LogP contribution < -0.4 is 16.4 Å². The van der Waals surface area contributed by atoms with Crippen molar-refractivity contribution in [2.75, 3.05) is 25.1 Å². The van der Waals surface area contributed by atoms with Crippen LogP contribution in [0.3, 0.4) is 0 Å². The summed E-state index contributed by atoms with van der Waals surface area (Å²) in [5, 5.41) is 5.15. The molecule has 0 spiro atoms. The highest BCUT2D eigenvalue weighted by Gasteiger charge is 2.45. The third kappa shape index (κ3) is 6.43. The molecular formula is C13H25N3O4S. The van der Waals surface area contributed by atoms with E-state index in [4.69, 9.17) is 5.73 Å². The first kappa shape index (κ1) is 17.9. The molecule has 1 aliphatic rings. The van der Waals surface area contributed by atoms with Crippen LogP contribution in [-0.2, 0) is 19.4 Å². The number of nitrogens with one attached hydrogen (secondary N) is 2. The van der Waals surface area contributed by atoms with Gasteiger partial charge in [0.15, 0.2) is 0 Å². The molecule has 21 heavy (non-hydrogen) atoms. The largest absolute Gasteiger partial charge is 0.354 e. The van der Waals surface area contributed by atoms with Crippen molar-refractivity contribution in [2.45, 2.75) is 32.7 Å². The van der Waals surface area contributed by atoms with Crippen molar-refractivity contribution >= 4 is 21.7 Å². The van der Waals surface area contributed by atoms with Crippen LogP contribution in [0.25, 0.3) is 0 Å². The predicted octanol–water partition coefficient (Wildman–Crippen LogP) is -0.973. The minimum atomic E-state index is -3.05. The van der Waals surface area contributed by atoms with Gasteiger partial charge in [0.25, 0.3) is 0 Å². The first-order chi connectivity index (χ1) is 9.55. The lowest BCUT2D eigenvalue weighted by Crippen LogP contribution is -2.47. The summed E-state index contributed by atoms with van der Waals surface area (Å²) in [4.78, 5) is 23.3. The first-order valence-electron chi connectivity index (χ1n) is 7.02. The average Bonchev–Trinajstić information content (AvgIpc) is 3.10. The second kappa shape index (κ2) is 6.74. The molecular weight excluding hydrogens is 294 g/mol. The van der Waals surface area contributed by atoms with E-state index < -0.39 is 15.9 Å². The maximum atomic E-state index is 11.7. The minimum Gasteiger partial charge on any atom is -0.354 e. The topological polar surface area (TPSA) is 118 Å². The van der Waals surface area contributed by atoms with E-state index in [1.807, 2.05) is 13.8 Å². The summed E-state index contributed by atoms with van der Waals surface area (Å²) < 4.78 is 22.6. The van der Waals surface area contributed by atoms with Crippen molar-refractivity contribution < 1.29 is 18.0 Å². The Kier molecular flexibility index (Phi) is 5.75. The molecule has 0 aromatic rings. The molecule has 1 fully saturated rings. The van der Waals surface area contributed by atoms with Gasteiger partial charge in [-0.1, -0.05) is 13.8 Å². The van der Waals surface area contributed by atoms with Gasteiger partial charge < -0.3 is 16.4 Å². The fourth-order valence-electron chi connectivity index (χ4n) is 2.04. The van der Waals surface area contributed by atoms with Crippen LogP contribution in [0.4, 0.5) is 0 Å². The van der Waals surface area contributed by atoms with E-state index in [0.29, 0.717) is 6.54 Å². The number of carbonyl (C=O) groups excluding carboxylic acids is 2. The van der Waals surface area contributed by atoms with Crippen molar-refractivity contribution in [3.05, 3.63) is 0 Å².